The first-order valence-corrected chi connectivity index (χ1v) is 9.04. The molecule has 3 aliphatic rings. The molecule has 1 saturated carbocycles. The predicted molar refractivity (Wildman–Crippen MR) is 88.0 cm³/mol. The van der Waals surface area contributed by atoms with Crippen molar-refractivity contribution in [3.63, 3.8) is 0 Å². The Balaban J connectivity index is 1.55. The molecule has 7 heteroatoms. The van der Waals surface area contributed by atoms with Gasteiger partial charge in [0.25, 0.3) is 0 Å². The lowest BCUT2D eigenvalue weighted by atomic mass is 10.1. The van der Waals surface area contributed by atoms with Crippen LogP contribution >= 0.6 is 0 Å². The van der Waals surface area contributed by atoms with Gasteiger partial charge in [0, 0.05) is 31.1 Å². The van der Waals surface area contributed by atoms with Gasteiger partial charge in [-0.25, -0.2) is 0 Å². The summed E-state index contributed by atoms with van der Waals surface area (Å²) in [5.41, 5.74) is -0.130. The van der Waals surface area contributed by atoms with Gasteiger partial charge in [0.05, 0.1) is 18.7 Å². The summed E-state index contributed by atoms with van der Waals surface area (Å²) in [6.07, 6.45) is 2.41. The van der Waals surface area contributed by atoms with E-state index in [-0.39, 0.29) is 23.5 Å². The number of aliphatic hydroxyl groups is 1. The Kier molecular flexibility index (Phi) is 3.69. The van der Waals surface area contributed by atoms with Crippen LogP contribution in [0.25, 0.3) is 0 Å². The van der Waals surface area contributed by atoms with Crippen LogP contribution in [0.2, 0.25) is 0 Å². The number of β-amino-alcohol motifs (C(OH)–C–C–N with tert-alkyl or cyclic N) is 1. The zero-order valence-electron chi connectivity index (χ0n) is 14.8. The molecular weight excluding hydrogens is 306 g/mol. The summed E-state index contributed by atoms with van der Waals surface area (Å²) in [6.45, 7) is 9.07. The Labute approximate surface area is 142 Å². The molecule has 1 aliphatic carbocycles. The molecule has 132 valence electrons. The largest absolute Gasteiger partial charge is 0.392 e. The fourth-order valence-electron chi connectivity index (χ4n) is 4.05. The Bertz CT molecular complexity index is 651. The Morgan fingerprint density at radius 2 is 2.04 bits per heavy atom. The highest BCUT2D eigenvalue weighted by Crippen LogP contribution is 2.47. The van der Waals surface area contributed by atoms with Crippen LogP contribution < -0.4 is 0 Å². The van der Waals surface area contributed by atoms with E-state index in [1.165, 1.54) is 0 Å². The molecule has 0 aromatic carbocycles. The summed E-state index contributed by atoms with van der Waals surface area (Å²) in [5, 5.41) is 18.9. The molecule has 7 nitrogen and oxygen atoms in total. The third-order valence-electron chi connectivity index (χ3n) is 5.86. The van der Waals surface area contributed by atoms with Gasteiger partial charge in [-0.2, -0.15) is 0 Å². The molecule has 2 fully saturated rings. The van der Waals surface area contributed by atoms with Crippen LogP contribution in [0, 0.1) is 5.41 Å². The van der Waals surface area contributed by atoms with Gasteiger partial charge >= 0.3 is 0 Å². The molecule has 0 spiro atoms. The minimum atomic E-state index is -0.304. The maximum Gasteiger partial charge on any atom is 0.228 e. The molecule has 1 amide bonds. The average molecular weight is 333 g/mol. The summed E-state index contributed by atoms with van der Waals surface area (Å²) in [5.74, 6) is 2.08. The van der Waals surface area contributed by atoms with Crippen LogP contribution in [0.4, 0.5) is 0 Å². The van der Waals surface area contributed by atoms with Gasteiger partial charge < -0.3 is 14.6 Å². The van der Waals surface area contributed by atoms with E-state index >= 15 is 0 Å². The predicted octanol–water partition coefficient (Wildman–Crippen LogP) is 0.936. The summed E-state index contributed by atoms with van der Waals surface area (Å²) in [7, 11) is 0. The van der Waals surface area contributed by atoms with Gasteiger partial charge in [-0.05, 0) is 33.1 Å². The number of rotatable bonds is 3. The van der Waals surface area contributed by atoms with Crippen molar-refractivity contribution in [1.82, 2.24) is 24.6 Å². The number of hydrogen-bond donors (Lipinski definition) is 1. The number of hydrogen-bond acceptors (Lipinski definition) is 5. The maximum absolute atomic E-state index is 12.6. The molecular formula is C17H27N5O2. The highest BCUT2D eigenvalue weighted by molar-refractivity contribution is 5.84. The van der Waals surface area contributed by atoms with Crippen LogP contribution in [-0.4, -0.2) is 60.8 Å². The molecule has 0 bridgehead atoms. The Hall–Kier alpha value is -1.47. The molecule has 1 aromatic rings. The van der Waals surface area contributed by atoms with Crippen molar-refractivity contribution in [2.24, 2.45) is 5.41 Å². The number of carbonyl (C=O) groups excluding carboxylic acids is 1. The van der Waals surface area contributed by atoms with Gasteiger partial charge in [0.15, 0.2) is 11.6 Å². The smallest absolute Gasteiger partial charge is 0.228 e. The van der Waals surface area contributed by atoms with E-state index in [2.05, 4.69) is 40.4 Å². The zero-order chi connectivity index (χ0) is 17.1. The quantitative estimate of drug-likeness (QED) is 0.891. The molecule has 1 saturated heterocycles. The van der Waals surface area contributed by atoms with Gasteiger partial charge in [-0.3, -0.25) is 9.69 Å². The van der Waals surface area contributed by atoms with Crippen LogP contribution in [-0.2, 0) is 17.9 Å². The van der Waals surface area contributed by atoms with E-state index in [4.69, 9.17) is 0 Å². The number of amides is 1. The summed E-state index contributed by atoms with van der Waals surface area (Å²) in [4.78, 5) is 16.8. The lowest BCUT2D eigenvalue weighted by Gasteiger charge is -2.32. The molecule has 0 unspecified atom stereocenters. The second-order valence-corrected chi connectivity index (χ2v) is 8.11. The van der Waals surface area contributed by atoms with Crippen molar-refractivity contribution in [2.45, 2.75) is 71.3 Å². The number of nitrogens with zero attached hydrogens (tertiary/aromatic N) is 5. The molecule has 4 rings (SSSR count). The molecule has 1 aromatic heterocycles. The highest BCUT2D eigenvalue weighted by Gasteiger charge is 2.48. The van der Waals surface area contributed by atoms with Gasteiger partial charge in [0.2, 0.25) is 5.91 Å². The van der Waals surface area contributed by atoms with E-state index in [1.807, 2.05) is 4.90 Å². The van der Waals surface area contributed by atoms with Gasteiger partial charge in [-0.1, -0.05) is 6.92 Å². The maximum atomic E-state index is 12.6. The number of aromatic nitrogens is 3. The highest BCUT2D eigenvalue weighted by atomic mass is 16.3. The van der Waals surface area contributed by atoms with Crippen LogP contribution in [0.5, 0.6) is 0 Å². The number of likely N-dealkylation sites (tertiary alicyclic amines) is 1. The number of aliphatic hydroxyl groups excluding tert-OH is 1. The topological polar surface area (TPSA) is 74.5 Å². The summed E-state index contributed by atoms with van der Waals surface area (Å²) < 4.78 is 2.16. The van der Waals surface area contributed by atoms with Crippen molar-refractivity contribution in [3.05, 3.63) is 11.6 Å². The fourth-order valence-corrected chi connectivity index (χ4v) is 4.05. The molecule has 0 radical (unpaired) electrons. The van der Waals surface area contributed by atoms with Crippen molar-refractivity contribution < 1.29 is 9.90 Å². The molecule has 1 N–H and O–H groups in total. The second-order valence-electron chi connectivity index (χ2n) is 8.11. The van der Waals surface area contributed by atoms with Crippen molar-refractivity contribution in [1.29, 1.82) is 0 Å². The van der Waals surface area contributed by atoms with Crippen molar-refractivity contribution in [3.8, 4) is 0 Å². The van der Waals surface area contributed by atoms with E-state index < -0.39 is 0 Å². The van der Waals surface area contributed by atoms with Gasteiger partial charge in [-0.15, -0.1) is 10.2 Å². The van der Waals surface area contributed by atoms with E-state index in [0.717, 1.165) is 37.6 Å². The first-order chi connectivity index (χ1) is 11.4. The van der Waals surface area contributed by atoms with Crippen LogP contribution in [0.15, 0.2) is 0 Å². The minimum absolute atomic E-state index is 0.115. The monoisotopic (exact) mass is 333 g/mol. The summed E-state index contributed by atoms with van der Waals surface area (Å²) >= 11 is 0. The Morgan fingerprint density at radius 1 is 1.29 bits per heavy atom. The minimum Gasteiger partial charge on any atom is -0.392 e. The fraction of sp³-hybridized carbons (Fsp3) is 0.824. The van der Waals surface area contributed by atoms with Gasteiger partial charge in [0.1, 0.15) is 0 Å². The standard InChI is InChI=1S/C17H27N5O2/c1-11(2)22-9-12(23)8-13(22)15-19-18-14-10-20(6-7-21(14)15)16(24)17(3)4-5-17/h11-13,23H,4-10H2,1-3H3/t12-,13-/m0/s1. The second kappa shape index (κ2) is 5.52. The van der Waals surface area contributed by atoms with E-state index in [1.54, 1.807) is 0 Å². The zero-order valence-corrected chi connectivity index (χ0v) is 14.8. The van der Waals surface area contributed by atoms with E-state index in [0.29, 0.717) is 25.6 Å². The van der Waals surface area contributed by atoms with Crippen LogP contribution in [0.1, 0.15) is 57.7 Å². The number of carbonyl (C=O) groups is 1. The molecule has 3 heterocycles. The van der Waals surface area contributed by atoms with Crippen molar-refractivity contribution in [2.75, 3.05) is 13.1 Å². The lowest BCUT2D eigenvalue weighted by Crippen LogP contribution is -2.42. The third kappa shape index (κ3) is 2.54. The SMILES string of the molecule is CC(C)N1C[C@@H](O)C[C@H]1c1nnc2n1CCN(C(=O)C1(C)CC1)C2. The van der Waals surface area contributed by atoms with E-state index in [9.17, 15) is 9.90 Å². The normalized spacial score (nSPS) is 29.1. The Morgan fingerprint density at radius 3 is 2.71 bits per heavy atom. The molecule has 2 aliphatic heterocycles. The third-order valence-corrected chi connectivity index (χ3v) is 5.86. The number of fused-ring (bicyclic) bond motifs is 1. The first kappa shape index (κ1) is 16.0. The lowest BCUT2D eigenvalue weighted by molar-refractivity contribution is -0.138. The summed E-state index contributed by atoms with van der Waals surface area (Å²) in [6, 6.07) is 0.473. The first-order valence-electron chi connectivity index (χ1n) is 9.04. The molecule has 2 atom stereocenters. The van der Waals surface area contributed by atoms with Crippen molar-refractivity contribution >= 4 is 5.91 Å². The average Bonchev–Trinajstić information content (AvgIpc) is 2.99. The molecule has 24 heavy (non-hydrogen) atoms. The van der Waals surface area contributed by atoms with Crippen LogP contribution in [0.3, 0.4) is 0 Å².